The molecule has 0 aliphatic rings. The molecule has 1 N–H and O–H groups in total. The maximum atomic E-state index is 12.1. The number of rotatable bonds is 5. The van der Waals surface area contributed by atoms with Crippen LogP contribution in [0, 0.1) is 0 Å². The third kappa shape index (κ3) is 4.23. The SMILES string of the molecule is CC(=O)c1ccccc1NC(=O)[C@@H](C)OC(=O)c1ccncc1. The molecule has 0 saturated heterocycles. The summed E-state index contributed by atoms with van der Waals surface area (Å²) in [5.41, 5.74) is 1.09. The summed E-state index contributed by atoms with van der Waals surface area (Å²) in [6.45, 7) is 2.88. The van der Waals surface area contributed by atoms with E-state index >= 15 is 0 Å². The zero-order valence-corrected chi connectivity index (χ0v) is 12.8. The minimum Gasteiger partial charge on any atom is -0.449 e. The van der Waals surface area contributed by atoms with Crippen LogP contribution in [0.2, 0.25) is 0 Å². The third-order valence-electron chi connectivity index (χ3n) is 3.13. The van der Waals surface area contributed by atoms with Gasteiger partial charge in [0.1, 0.15) is 0 Å². The van der Waals surface area contributed by atoms with E-state index in [1.54, 1.807) is 24.3 Å². The molecule has 23 heavy (non-hydrogen) atoms. The lowest BCUT2D eigenvalue weighted by Gasteiger charge is -2.14. The Morgan fingerprint density at radius 1 is 1.09 bits per heavy atom. The van der Waals surface area contributed by atoms with Crippen LogP contribution in [-0.4, -0.2) is 28.7 Å². The van der Waals surface area contributed by atoms with Crippen molar-refractivity contribution < 1.29 is 19.1 Å². The maximum Gasteiger partial charge on any atom is 0.339 e. The van der Waals surface area contributed by atoms with Crippen LogP contribution in [-0.2, 0) is 9.53 Å². The number of ether oxygens (including phenoxy) is 1. The van der Waals surface area contributed by atoms with Crippen molar-refractivity contribution in [1.82, 2.24) is 4.98 Å². The molecule has 1 heterocycles. The highest BCUT2D eigenvalue weighted by atomic mass is 16.5. The number of pyridine rings is 1. The molecule has 2 rings (SSSR count). The van der Waals surface area contributed by atoms with Crippen molar-refractivity contribution in [3.05, 3.63) is 59.9 Å². The van der Waals surface area contributed by atoms with Crippen LogP contribution in [0.3, 0.4) is 0 Å². The molecule has 0 spiro atoms. The molecule has 118 valence electrons. The summed E-state index contributed by atoms with van der Waals surface area (Å²) in [6, 6.07) is 9.64. The van der Waals surface area contributed by atoms with E-state index < -0.39 is 18.0 Å². The Morgan fingerprint density at radius 2 is 1.74 bits per heavy atom. The summed E-state index contributed by atoms with van der Waals surface area (Å²) in [5, 5.41) is 2.60. The number of ketones is 1. The molecule has 6 nitrogen and oxygen atoms in total. The van der Waals surface area contributed by atoms with Crippen molar-refractivity contribution in [3.8, 4) is 0 Å². The van der Waals surface area contributed by atoms with Crippen LogP contribution >= 0.6 is 0 Å². The second kappa shape index (κ2) is 7.31. The molecule has 1 atom stereocenters. The number of Topliss-reactive ketones (excluding diaryl/α,β-unsaturated/α-hetero) is 1. The molecule has 0 saturated carbocycles. The summed E-state index contributed by atoms with van der Waals surface area (Å²) in [5.74, 6) is -1.29. The zero-order valence-electron chi connectivity index (χ0n) is 12.8. The average molecular weight is 312 g/mol. The minimum absolute atomic E-state index is 0.165. The standard InChI is InChI=1S/C17H16N2O4/c1-11(20)14-5-3-4-6-15(14)19-16(21)12(2)23-17(22)13-7-9-18-10-8-13/h3-10,12H,1-2H3,(H,19,21)/t12-/m1/s1. The third-order valence-corrected chi connectivity index (χ3v) is 3.13. The second-order valence-corrected chi connectivity index (χ2v) is 4.87. The van der Waals surface area contributed by atoms with Gasteiger partial charge in [-0.15, -0.1) is 0 Å². The Bertz CT molecular complexity index is 728. The van der Waals surface area contributed by atoms with Crippen molar-refractivity contribution in [2.24, 2.45) is 0 Å². The van der Waals surface area contributed by atoms with Gasteiger partial charge in [0.2, 0.25) is 0 Å². The van der Waals surface area contributed by atoms with Gasteiger partial charge in [-0.2, -0.15) is 0 Å². The number of nitrogens with one attached hydrogen (secondary N) is 1. The molecule has 0 radical (unpaired) electrons. The number of hydrogen-bond acceptors (Lipinski definition) is 5. The van der Waals surface area contributed by atoms with E-state index in [1.807, 2.05) is 0 Å². The first kappa shape index (κ1) is 16.4. The fourth-order valence-electron chi connectivity index (χ4n) is 1.90. The van der Waals surface area contributed by atoms with Crippen molar-refractivity contribution in [3.63, 3.8) is 0 Å². The van der Waals surface area contributed by atoms with Crippen LogP contribution in [0.25, 0.3) is 0 Å². The Labute approximate surface area is 133 Å². The number of hydrogen-bond donors (Lipinski definition) is 1. The van der Waals surface area contributed by atoms with Crippen molar-refractivity contribution in [2.75, 3.05) is 5.32 Å². The van der Waals surface area contributed by atoms with E-state index in [2.05, 4.69) is 10.3 Å². The van der Waals surface area contributed by atoms with Crippen LogP contribution < -0.4 is 5.32 Å². The number of para-hydroxylation sites is 1. The van der Waals surface area contributed by atoms with E-state index in [9.17, 15) is 14.4 Å². The van der Waals surface area contributed by atoms with Gasteiger partial charge in [0.05, 0.1) is 11.3 Å². The smallest absolute Gasteiger partial charge is 0.339 e. The van der Waals surface area contributed by atoms with E-state index in [0.717, 1.165) is 0 Å². The van der Waals surface area contributed by atoms with E-state index in [1.165, 1.54) is 38.4 Å². The Balaban J connectivity index is 2.04. The van der Waals surface area contributed by atoms with Gasteiger partial charge in [-0.05, 0) is 38.1 Å². The fourth-order valence-corrected chi connectivity index (χ4v) is 1.90. The van der Waals surface area contributed by atoms with Gasteiger partial charge >= 0.3 is 5.97 Å². The van der Waals surface area contributed by atoms with Crippen molar-refractivity contribution in [1.29, 1.82) is 0 Å². The summed E-state index contributed by atoms with van der Waals surface area (Å²) in [4.78, 5) is 39.4. The van der Waals surface area contributed by atoms with Gasteiger partial charge in [-0.3, -0.25) is 14.6 Å². The first-order chi connectivity index (χ1) is 11.0. The largest absolute Gasteiger partial charge is 0.449 e. The van der Waals surface area contributed by atoms with Gasteiger partial charge in [0.25, 0.3) is 5.91 Å². The monoisotopic (exact) mass is 312 g/mol. The lowest BCUT2D eigenvalue weighted by atomic mass is 10.1. The summed E-state index contributed by atoms with van der Waals surface area (Å²) in [7, 11) is 0. The Kier molecular flexibility index (Phi) is 5.19. The molecule has 0 unspecified atom stereocenters. The average Bonchev–Trinajstić information content (AvgIpc) is 2.55. The lowest BCUT2D eigenvalue weighted by Crippen LogP contribution is -2.30. The molecule has 1 amide bonds. The molecule has 1 aromatic carbocycles. The van der Waals surface area contributed by atoms with E-state index in [0.29, 0.717) is 16.8 Å². The number of carbonyl (C=O) groups is 3. The molecule has 1 aromatic heterocycles. The molecule has 0 aliphatic carbocycles. The van der Waals surface area contributed by atoms with E-state index in [4.69, 9.17) is 4.74 Å². The topological polar surface area (TPSA) is 85.4 Å². The first-order valence-electron chi connectivity index (χ1n) is 7.01. The van der Waals surface area contributed by atoms with Crippen molar-refractivity contribution in [2.45, 2.75) is 20.0 Å². The summed E-state index contributed by atoms with van der Waals surface area (Å²) < 4.78 is 5.11. The normalized spacial score (nSPS) is 11.4. The maximum absolute atomic E-state index is 12.1. The second-order valence-electron chi connectivity index (χ2n) is 4.87. The Morgan fingerprint density at radius 3 is 2.39 bits per heavy atom. The van der Waals surface area contributed by atoms with Crippen LogP contribution in [0.15, 0.2) is 48.8 Å². The van der Waals surface area contributed by atoms with Gasteiger partial charge < -0.3 is 10.1 Å². The molecular weight excluding hydrogens is 296 g/mol. The first-order valence-corrected chi connectivity index (χ1v) is 7.01. The number of anilines is 1. The lowest BCUT2D eigenvalue weighted by molar-refractivity contribution is -0.123. The molecule has 0 fully saturated rings. The van der Waals surface area contributed by atoms with E-state index in [-0.39, 0.29) is 5.78 Å². The summed E-state index contributed by atoms with van der Waals surface area (Å²) in [6.07, 6.45) is 1.92. The van der Waals surface area contributed by atoms with Gasteiger partial charge in [-0.25, -0.2) is 4.79 Å². The molecule has 0 aliphatic heterocycles. The highest BCUT2D eigenvalue weighted by molar-refractivity contribution is 6.05. The number of amides is 1. The fraction of sp³-hybridized carbons (Fsp3) is 0.176. The van der Waals surface area contributed by atoms with Gasteiger partial charge in [0, 0.05) is 18.0 Å². The molecular formula is C17H16N2O4. The number of carbonyl (C=O) groups excluding carboxylic acids is 3. The Hall–Kier alpha value is -3.02. The molecule has 2 aromatic rings. The van der Waals surface area contributed by atoms with Crippen LogP contribution in [0.4, 0.5) is 5.69 Å². The number of nitrogens with zero attached hydrogens (tertiary/aromatic N) is 1. The highest BCUT2D eigenvalue weighted by Crippen LogP contribution is 2.16. The van der Waals surface area contributed by atoms with Crippen LogP contribution in [0.5, 0.6) is 0 Å². The quantitative estimate of drug-likeness (QED) is 0.677. The van der Waals surface area contributed by atoms with Gasteiger partial charge in [0.15, 0.2) is 11.9 Å². The number of aromatic nitrogens is 1. The number of benzene rings is 1. The predicted octanol–water partition coefficient (Wildman–Crippen LogP) is 2.47. The predicted molar refractivity (Wildman–Crippen MR) is 84.2 cm³/mol. The molecule has 0 bridgehead atoms. The van der Waals surface area contributed by atoms with Gasteiger partial charge in [-0.1, -0.05) is 12.1 Å². The molecule has 6 heteroatoms. The van der Waals surface area contributed by atoms with Crippen LogP contribution in [0.1, 0.15) is 34.6 Å². The summed E-state index contributed by atoms with van der Waals surface area (Å²) >= 11 is 0. The number of esters is 1. The highest BCUT2D eigenvalue weighted by Gasteiger charge is 2.20. The minimum atomic E-state index is -1.00. The van der Waals surface area contributed by atoms with Crippen molar-refractivity contribution >= 4 is 23.3 Å². The zero-order chi connectivity index (χ0) is 16.8.